The van der Waals surface area contributed by atoms with E-state index in [1.54, 1.807) is 11.8 Å². The number of carbonyl (C=O) groups excluding carboxylic acids is 1. The summed E-state index contributed by atoms with van der Waals surface area (Å²) in [6, 6.07) is 1.39. The van der Waals surface area contributed by atoms with E-state index in [9.17, 15) is 14.9 Å². The zero-order chi connectivity index (χ0) is 14.0. The van der Waals surface area contributed by atoms with Gasteiger partial charge in [0.05, 0.1) is 14.7 Å². The molecule has 1 fully saturated rings. The topological polar surface area (TPSA) is 89.5 Å². The Labute approximate surface area is 127 Å². The Morgan fingerprint density at radius 2 is 2.15 bits per heavy atom. The molecule has 8 heteroatoms. The molecule has 1 aromatic rings. The highest BCUT2D eigenvalue weighted by atomic mass is 35.5. The summed E-state index contributed by atoms with van der Waals surface area (Å²) >= 11 is 1.19. The van der Waals surface area contributed by atoms with E-state index >= 15 is 0 Å². The number of hydrogen-bond acceptors (Lipinski definition) is 5. The number of nitro groups is 1. The van der Waals surface area contributed by atoms with E-state index in [1.807, 2.05) is 0 Å². The lowest BCUT2D eigenvalue weighted by atomic mass is 9.97. The van der Waals surface area contributed by atoms with Gasteiger partial charge in [-0.3, -0.25) is 14.9 Å². The zero-order valence-corrected chi connectivity index (χ0v) is 12.8. The van der Waals surface area contributed by atoms with Crippen LogP contribution in [0.2, 0.25) is 0 Å². The molecular weight excluding hydrogens is 302 g/mol. The highest BCUT2D eigenvalue weighted by molar-refractivity contribution is 7.14. The van der Waals surface area contributed by atoms with Gasteiger partial charge in [-0.05, 0) is 32.2 Å². The van der Waals surface area contributed by atoms with Gasteiger partial charge < -0.3 is 10.6 Å². The summed E-state index contributed by atoms with van der Waals surface area (Å²) < 4.78 is 0. The van der Waals surface area contributed by atoms with Crippen molar-refractivity contribution in [3.63, 3.8) is 0 Å². The Hall–Kier alpha value is -1.18. The molecular formula is C12H18ClN3O3S. The molecule has 0 bridgehead atoms. The van der Waals surface area contributed by atoms with Crippen molar-refractivity contribution in [1.82, 2.24) is 4.90 Å². The molecule has 20 heavy (non-hydrogen) atoms. The molecule has 2 heterocycles. The van der Waals surface area contributed by atoms with Gasteiger partial charge in [-0.25, -0.2) is 0 Å². The first-order valence-corrected chi connectivity index (χ1v) is 7.08. The summed E-state index contributed by atoms with van der Waals surface area (Å²) in [6.45, 7) is 3.70. The maximum absolute atomic E-state index is 12.3. The van der Waals surface area contributed by atoms with Crippen molar-refractivity contribution < 1.29 is 9.72 Å². The number of halogens is 1. The number of nitrogens with zero attached hydrogens (tertiary/aromatic N) is 2. The molecule has 1 aliphatic rings. The molecule has 0 aliphatic carbocycles. The van der Waals surface area contributed by atoms with Crippen molar-refractivity contribution in [2.45, 2.75) is 19.8 Å². The number of hydrogen-bond donors (Lipinski definition) is 1. The van der Waals surface area contributed by atoms with Gasteiger partial charge in [-0.2, -0.15) is 0 Å². The van der Waals surface area contributed by atoms with Gasteiger partial charge in [0.15, 0.2) is 0 Å². The summed E-state index contributed by atoms with van der Waals surface area (Å²) in [4.78, 5) is 25.4. The molecule has 112 valence electrons. The highest BCUT2D eigenvalue weighted by Crippen LogP contribution is 2.29. The van der Waals surface area contributed by atoms with Crippen LogP contribution < -0.4 is 5.73 Å². The molecule has 6 nitrogen and oxygen atoms in total. The minimum absolute atomic E-state index is 0. The van der Waals surface area contributed by atoms with Crippen LogP contribution in [0, 0.1) is 23.0 Å². The second-order valence-corrected chi connectivity index (χ2v) is 6.04. The third kappa shape index (κ3) is 3.47. The van der Waals surface area contributed by atoms with Gasteiger partial charge in [-0.15, -0.1) is 23.7 Å². The van der Waals surface area contributed by atoms with Crippen LogP contribution in [0.15, 0.2) is 6.07 Å². The number of rotatable bonds is 3. The maximum Gasteiger partial charge on any atom is 0.283 e. The lowest BCUT2D eigenvalue weighted by Gasteiger charge is -2.31. The van der Waals surface area contributed by atoms with Crippen LogP contribution >= 0.6 is 23.7 Å². The van der Waals surface area contributed by atoms with Crippen LogP contribution in [-0.2, 0) is 0 Å². The fourth-order valence-corrected chi connectivity index (χ4v) is 3.24. The van der Waals surface area contributed by atoms with Gasteiger partial charge in [0.1, 0.15) is 0 Å². The minimum Gasteiger partial charge on any atom is -0.338 e. The third-order valence-electron chi connectivity index (χ3n) is 3.53. The molecule has 0 atom stereocenters. The van der Waals surface area contributed by atoms with E-state index in [1.165, 1.54) is 17.4 Å². The average Bonchev–Trinajstić information content (AvgIpc) is 2.80. The maximum atomic E-state index is 12.3. The second-order valence-electron chi connectivity index (χ2n) is 4.78. The normalized spacial score (nSPS) is 15.8. The van der Waals surface area contributed by atoms with E-state index in [-0.39, 0.29) is 24.0 Å². The Balaban J connectivity index is 0.00000200. The van der Waals surface area contributed by atoms with E-state index in [4.69, 9.17) is 5.73 Å². The molecule has 0 aromatic carbocycles. The van der Waals surface area contributed by atoms with E-state index in [2.05, 4.69) is 0 Å². The van der Waals surface area contributed by atoms with Crippen LogP contribution in [0.3, 0.4) is 0 Å². The first-order chi connectivity index (χ1) is 9.02. The minimum atomic E-state index is -0.441. The number of likely N-dealkylation sites (tertiary alicyclic amines) is 1. The van der Waals surface area contributed by atoms with E-state index < -0.39 is 4.92 Å². The number of thiophene rings is 1. The van der Waals surface area contributed by atoms with E-state index in [0.29, 0.717) is 35.3 Å². The predicted molar refractivity (Wildman–Crippen MR) is 80.6 cm³/mol. The Bertz CT molecular complexity index is 498. The predicted octanol–water partition coefficient (Wildman–Crippen LogP) is 2.20. The molecule has 0 spiro atoms. The summed E-state index contributed by atoms with van der Waals surface area (Å²) in [5.74, 6) is 0.389. The second kappa shape index (κ2) is 7.01. The van der Waals surface area contributed by atoms with Crippen molar-refractivity contribution in [2.24, 2.45) is 11.7 Å². The van der Waals surface area contributed by atoms with Crippen LogP contribution in [0.4, 0.5) is 5.69 Å². The lowest BCUT2D eigenvalue weighted by molar-refractivity contribution is -0.385. The van der Waals surface area contributed by atoms with Crippen molar-refractivity contribution in [2.75, 3.05) is 19.6 Å². The van der Waals surface area contributed by atoms with Crippen LogP contribution in [0.5, 0.6) is 0 Å². The molecule has 2 rings (SSSR count). The first kappa shape index (κ1) is 16.9. The van der Waals surface area contributed by atoms with Gasteiger partial charge in [0.2, 0.25) is 0 Å². The highest BCUT2D eigenvalue weighted by Gasteiger charge is 2.26. The first-order valence-electron chi connectivity index (χ1n) is 6.27. The Morgan fingerprint density at radius 1 is 1.55 bits per heavy atom. The third-order valence-corrected chi connectivity index (χ3v) is 4.56. The van der Waals surface area contributed by atoms with Gasteiger partial charge in [0, 0.05) is 19.2 Å². The van der Waals surface area contributed by atoms with Gasteiger partial charge in [-0.1, -0.05) is 0 Å². The standard InChI is InChI=1S/C12H17N3O3S.ClH/c1-8-10(15(17)18)6-11(19-8)12(16)14-4-2-9(7-13)3-5-14;/h6,9H,2-5,7,13H2,1H3;1H. The van der Waals surface area contributed by atoms with Crippen molar-refractivity contribution >= 4 is 35.3 Å². The zero-order valence-electron chi connectivity index (χ0n) is 11.2. The Morgan fingerprint density at radius 3 is 2.60 bits per heavy atom. The summed E-state index contributed by atoms with van der Waals surface area (Å²) in [6.07, 6.45) is 1.82. The van der Waals surface area contributed by atoms with Crippen LogP contribution in [-0.4, -0.2) is 35.4 Å². The number of carbonyl (C=O) groups is 1. The lowest BCUT2D eigenvalue weighted by Crippen LogP contribution is -2.39. The quantitative estimate of drug-likeness (QED) is 0.683. The largest absolute Gasteiger partial charge is 0.338 e. The fraction of sp³-hybridized carbons (Fsp3) is 0.583. The van der Waals surface area contributed by atoms with E-state index in [0.717, 1.165) is 12.8 Å². The molecule has 1 saturated heterocycles. The molecule has 1 aliphatic heterocycles. The average molecular weight is 320 g/mol. The number of nitrogens with two attached hydrogens (primary N) is 1. The number of aryl methyl sites for hydroxylation is 1. The van der Waals surface area contributed by atoms with Crippen LogP contribution in [0.25, 0.3) is 0 Å². The van der Waals surface area contributed by atoms with Crippen molar-refractivity contribution in [1.29, 1.82) is 0 Å². The van der Waals surface area contributed by atoms with Gasteiger partial charge >= 0.3 is 0 Å². The summed E-state index contributed by atoms with van der Waals surface area (Å²) in [5, 5.41) is 10.8. The van der Waals surface area contributed by atoms with Crippen molar-refractivity contribution in [3.8, 4) is 0 Å². The fourth-order valence-electron chi connectivity index (χ4n) is 2.29. The Kier molecular flexibility index (Phi) is 5.91. The van der Waals surface area contributed by atoms with Gasteiger partial charge in [0.25, 0.3) is 11.6 Å². The molecule has 0 radical (unpaired) electrons. The van der Waals surface area contributed by atoms with Crippen LogP contribution in [0.1, 0.15) is 27.4 Å². The smallest absolute Gasteiger partial charge is 0.283 e. The van der Waals surface area contributed by atoms with Crippen molar-refractivity contribution in [3.05, 3.63) is 25.9 Å². The molecule has 1 amide bonds. The monoisotopic (exact) mass is 319 g/mol. The molecule has 0 saturated carbocycles. The summed E-state index contributed by atoms with van der Waals surface area (Å²) in [7, 11) is 0. The number of amides is 1. The SMILES string of the molecule is Cc1sc(C(=O)N2CCC(CN)CC2)cc1[N+](=O)[O-].Cl. The molecule has 0 unspecified atom stereocenters. The molecule has 1 aromatic heterocycles. The molecule has 2 N–H and O–H groups in total. The summed E-state index contributed by atoms with van der Waals surface area (Å²) in [5.41, 5.74) is 5.65. The number of piperidine rings is 1.